The molecule has 0 fully saturated rings. The molecule has 1 atom stereocenters. The minimum absolute atomic E-state index is 0.126. The highest BCUT2D eigenvalue weighted by Crippen LogP contribution is 2.32. The third-order valence-corrected chi connectivity index (χ3v) is 7.06. The minimum atomic E-state index is -1.27. The van der Waals surface area contributed by atoms with Crippen LogP contribution in [0.2, 0.25) is 0 Å². The van der Waals surface area contributed by atoms with Crippen LogP contribution in [-0.4, -0.2) is 46.3 Å². The second kappa shape index (κ2) is 10.6. The monoisotopic (exact) mass is 528 g/mol. The van der Waals surface area contributed by atoms with Crippen LogP contribution in [0.25, 0.3) is 11.3 Å². The molecule has 1 N–H and O–H groups in total. The molecule has 1 aliphatic heterocycles. The van der Waals surface area contributed by atoms with Crippen LogP contribution in [0.3, 0.4) is 0 Å². The lowest BCUT2D eigenvalue weighted by Crippen LogP contribution is -2.63. The molecular weight excluding hydrogens is 499 g/mol. The van der Waals surface area contributed by atoms with Gasteiger partial charge in [0, 0.05) is 24.2 Å². The van der Waals surface area contributed by atoms with Crippen LogP contribution in [0.5, 0.6) is 11.5 Å². The molecule has 39 heavy (non-hydrogen) atoms. The second-order valence-corrected chi connectivity index (χ2v) is 9.59. The van der Waals surface area contributed by atoms with Gasteiger partial charge in [-0.1, -0.05) is 30.3 Å². The molecule has 0 radical (unpaired) electrons. The molecule has 1 aromatic heterocycles. The normalized spacial score (nSPS) is 16.5. The Balaban J connectivity index is 1.48. The van der Waals surface area contributed by atoms with Gasteiger partial charge in [-0.05, 0) is 61.0 Å². The van der Waals surface area contributed by atoms with Gasteiger partial charge >= 0.3 is 0 Å². The SMILES string of the molecule is COc1ccc(-c2cc3n(n2)C[C@@](C)(C(=O)NCc2ccccc2OC)N(Cc2ccc(F)cc2)C3=O)cc1. The zero-order valence-corrected chi connectivity index (χ0v) is 22.0. The first-order valence-electron chi connectivity index (χ1n) is 12.5. The fraction of sp³-hybridized carbons (Fsp3) is 0.233. The number of rotatable bonds is 8. The van der Waals surface area contributed by atoms with Crippen molar-refractivity contribution in [2.75, 3.05) is 14.2 Å². The Labute approximate surface area is 226 Å². The number of aromatic nitrogens is 2. The standard InChI is InChI=1S/C30H29FN4O4/c1-30(29(37)32-17-22-6-4-5-7-27(22)39-3)19-35-26(16-25(33-35)21-10-14-24(38-2)15-11-21)28(36)34(30)18-20-8-12-23(31)13-9-20/h4-16H,17-19H2,1-3H3,(H,32,37)/t30-/m0/s1. The number of amides is 2. The van der Waals surface area contributed by atoms with E-state index in [1.54, 1.807) is 44.0 Å². The zero-order chi connectivity index (χ0) is 27.6. The lowest BCUT2D eigenvalue weighted by molar-refractivity contribution is -0.133. The van der Waals surface area contributed by atoms with Gasteiger partial charge in [-0.25, -0.2) is 4.39 Å². The predicted octanol–water partition coefficient (Wildman–Crippen LogP) is 4.44. The Morgan fingerprint density at radius 1 is 1.03 bits per heavy atom. The average Bonchev–Trinajstić information content (AvgIpc) is 3.39. The van der Waals surface area contributed by atoms with Crippen molar-refractivity contribution in [3.63, 3.8) is 0 Å². The fourth-order valence-corrected chi connectivity index (χ4v) is 4.78. The number of carbonyl (C=O) groups excluding carboxylic acids is 2. The summed E-state index contributed by atoms with van der Waals surface area (Å²) in [5.41, 5.74) is 2.05. The van der Waals surface area contributed by atoms with Crippen molar-refractivity contribution in [2.45, 2.75) is 32.1 Å². The highest BCUT2D eigenvalue weighted by Gasteiger charge is 2.48. The molecule has 9 heteroatoms. The summed E-state index contributed by atoms with van der Waals surface area (Å²) < 4.78 is 25.8. The molecular formula is C30H29FN4O4. The zero-order valence-electron chi connectivity index (χ0n) is 22.0. The quantitative estimate of drug-likeness (QED) is 0.366. The van der Waals surface area contributed by atoms with Crippen molar-refractivity contribution < 1.29 is 23.5 Å². The summed E-state index contributed by atoms with van der Waals surface area (Å²) in [7, 11) is 3.17. The molecule has 3 aromatic carbocycles. The maximum Gasteiger partial charge on any atom is 0.273 e. The molecule has 0 unspecified atom stereocenters. The van der Waals surface area contributed by atoms with Crippen molar-refractivity contribution in [1.82, 2.24) is 20.0 Å². The van der Waals surface area contributed by atoms with Crippen LogP contribution in [-0.2, 0) is 24.4 Å². The largest absolute Gasteiger partial charge is 0.497 e. The van der Waals surface area contributed by atoms with E-state index in [-0.39, 0.29) is 37.3 Å². The molecule has 2 amide bonds. The summed E-state index contributed by atoms with van der Waals surface area (Å²) in [4.78, 5) is 29.2. The molecule has 4 aromatic rings. The predicted molar refractivity (Wildman–Crippen MR) is 144 cm³/mol. The Morgan fingerprint density at radius 3 is 2.44 bits per heavy atom. The van der Waals surface area contributed by atoms with E-state index < -0.39 is 5.54 Å². The summed E-state index contributed by atoms with van der Waals surface area (Å²) in [5.74, 6) is 0.319. The number of methoxy groups -OCH3 is 2. The van der Waals surface area contributed by atoms with Crippen LogP contribution in [0.4, 0.5) is 4.39 Å². The van der Waals surface area contributed by atoms with Gasteiger partial charge in [0.15, 0.2) is 0 Å². The number of benzene rings is 3. The number of nitrogens with one attached hydrogen (secondary N) is 1. The molecule has 2 heterocycles. The summed E-state index contributed by atoms with van der Waals surface area (Å²) in [6, 6.07) is 22.5. The molecule has 8 nitrogen and oxygen atoms in total. The first kappa shape index (κ1) is 26.0. The Bertz CT molecular complexity index is 1500. The molecule has 1 aliphatic rings. The van der Waals surface area contributed by atoms with Crippen molar-refractivity contribution in [3.8, 4) is 22.8 Å². The van der Waals surface area contributed by atoms with Gasteiger partial charge in [0.25, 0.3) is 5.91 Å². The molecule has 5 rings (SSSR count). The van der Waals surface area contributed by atoms with Crippen LogP contribution < -0.4 is 14.8 Å². The first-order chi connectivity index (χ1) is 18.8. The third kappa shape index (κ3) is 5.07. The van der Waals surface area contributed by atoms with Crippen molar-refractivity contribution in [3.05, 3.63) is 102 Å². The van der Waals surface area contributed by atoms with Gasteiger partial charge in [-0.3, -0.25) is 14.3 Å². The molecule has 0 saturated heterocycles. The number of hydrogen-bond donors (Lipinski definition) is 1. The van der Waals surface area contributed by atoms with Crippen LogP contribution in [0, 0.1) is 5.82 Å². The van der Waals surface area contributed by atoms with E-state index in [2.05, 4.69) is 10.4 Å². The van der Waals surface area contributed by atoms with E-state index in [9.17, 15) is 14.0 Å². The maximum absolute atomic E-state index is 13.9. The van der Waals surface area contributed by atoms with E-state index in [4.69, 9.17) is 9.47 Å². The highest BCUT2D eigenvalue weighted by atomic mass is 19.1. The summed E-state index contributed by atoms with van der Waals surface area (Å²) in [6.45, 7) is 2.22. The number of ether oxygens (including phenoxy) is 2. The van der Waals surface area contributed by atoms with E-state index in [1.807, 2.05) is 48.5 Å². The Kier molecular flexibility index (Phi) is 7.06. The molecule has 0 saturated carbocycles. The van der Waals surface area contributed by atoms with Gasteiger partial charge in [-0.15, -0.1) is 0 Å². The van der Waals surface area contributed by atoms with E-state index in [0.717, 1.165) is 11.1 Å². The topological polar surface area (TPSA) is 85.7 Å². The smallest absolute Gasteiger partial charge is 0.273 e. The summed E-state index contributed by atoms with van der Waals surface area (Å²) >= 11 is 0. The van der Waals surface area contributed by atoms with Gasteiger partial charge in [-0.2, -0.15) is 5.10 Å². The third-order valence-electron chi connectivity index (χ3n) is 7.06. The van der Waals surface area contributed by atoms with Crippen LogP contribution >= 0.6 is 0 Å². The lowest BCUT2D eigenvalue weighted by atomic mass is 9.94. The van der Waals surface area contributed by atoms with Crippen molar-refractivity contribution in [2.24, 2.45) is 0 Å². The van der Waals surface area contributed by atoms with Crippen LogP contribution in [0.15, 0.2) is 78.9 Å². The summed E-state index contributed by atoms with van der Waals surface area (Å²) in [5, 5.41) is 7.67. The second-order valence-electron chi connectivity index (χ2n) is 9.59. The van der Waals surface area contributed by atoms with Crippen molar-refractivity contribution in [1.29, 1.82) is 0 Å². The van der Waals surface area contributed by atoms with E-state index in [1.165, 1.54) is 17.0 Å². The molecule has 0 aliphatic carbocycles. The Hall–Kier alpha value is -4.66. The first-order valence-corrected chi connectivity index (χ1v) is 12.5. The van der Waals surface area contributed by atoms with E-state index in [0.29, 0.717) is 28.5 Å². The number of para-hydroxylation sites is 1. The van der Waals surface area contributed by atoms with Gasteiger partial charge in [0.05, 0.1) is 26.5 Å². The maximum atomic E-state index is 13.9. The lowest BCUT2D eigenvalue weighted by Gasteiger charge is -2.43. The number of nitrogens with zero attached hydrogens (tertiary/aromatic N) is 3. The van der Waals surface area contributed by atoms with Gasteiger partial charge in [0.2, 0.25) is 5.91 Å². The average molecular weight is 529 g/mol. The molecule has 200 valence electrons. The number of carbonyl (C=O) groups is 2. The van der Waals surface area contributed by atoms with Crippen molar-refractivity contribution >= 4 is 11.8 Å². The van der Waals surface area contributed by atoms with Gasteiger partial charge < -0.3 is 19.7 Å². The highest BCUT2D eigenvalue weighted by molar-refractivity contribution is 6.00. The van der Waals surface area contributed by atoms with Crippen LogP contribution in [0.1, 0.15) is 28.5 Å². The van der Waals surface area contributed by atoms with Gasteiger partial charge in [0.1, 0.15) is 28.5 Å². The minimum Gasteiger partial charge on any atom is -0.497 e. The Morgan fingerprint density at radius 2 is 1.74 bits per heavy atom. The van der Waals surface area contributed by atoms with E-state index >= 15 is 0 Å². The number of fused-ring (bicyclic) bond motifs is 1. The summed E-state index contributed by atoms with van der Waals surface area (Å²) in [6.07, 6.45) is 0. The fourth-order valence-electron chi connectivity index (χ4n) is 4.78. The molecule has 0 spiro atoms. The number of halogens is 1. The molecule has 0 bridgehead atoms. The number of hydrogen-bond acceptors (Lipinski definition) is 5.